The summed E-state index contributed by atoms with van der Waals surface area (Å²) >= 11 is 5.07. The molecule has 1 rings (SSSR count). The number of hydrogen-bond acceptors (Lipinski definition) is 2. The molecule has 0 aromatic heterocycles. The predicted molar refractivity (Wildman–Crippen MR) is 35.9 cm³/mol. The van der Waals surface area contributed by atoms with Crippen molar-refractivity contribution in [2.24, 2.45) is 0 Å². The maximum absolute atomic E-state index is 10.7. The highest BCUT2D eigenvalue weighted by atomic mass is 35.5. The Morgan fingerprint density at radius 3 is 2.70 bits per heavy atom. The zero-order valence-corrected chi connectivity index (χ0v) is 6.18. The Morgan fingerprint density at radius 1 is 1.90 bits per heavy atom. The van der Waals surface area contributed by atoms with E-state index >= 15 is 0 Å². The van der Waals surface area contributed by atoms with Gasteiger partial charge in [-0.25, -0.2) is 9.69 Å². The quantitative estimate of drug-likeness (QED) is 0.422. The molecule has 1 N–H and O–H groups in total. The van der Waals surface area contributed by atoms with Crippen LogP contribution in [0.25, 0.3) is 0 Å². The first kappa shape index (κ1) is 7.34. The van der Waals surface area contributed by atoms with Crippen molar-refractivity contribution in [3.05, 3.63) is 0 Å². The van der Waals surface area contributed by atoms with Gasteiger partial charge in [0.1, 0.15) is 0 Å². The van der Waals surface area contributed by atoms with Crippen LogP contribution in [0.2, 0.25) is 0 Å². The minimum atomic E-state index is -0.721. The highest BCUT2D eigenvalue weighted by molar-refractivity contribution is 6.64. The van der Waals surface area contributed by atoms with Crippen molar-refractivity contribution in [1.82, 2.24) is 10.2 Å². The molecule has 1 unspecified atom stereocenters. The number of carbonyl (C=O) groups is 2. The molecule has 0 bridgehead atoms. The summed E-state index contributed by atoms with van der Waals surface area (Å²) < 4.78 is 0. The van der Waals surface area contributed by atoms with Crippen molar-refractivity contribution in [1.29, 1.82) is 0 Å². The second-order valence-electron chi connectivity index (χ2n) is 2.21. The van der Waals surface area contributed by atoms with E-state index in [0.717, 1.165) is 4.90 Å². The number of hydrogen-bond donors (Lipinski definition) is 1. The lowest BCUT2D eigenvalue weighted by atomic mass is 10.4. The lowest BCUT2D eigenvalue weighted by Gasteiger charge is -2.04. The first-order chi connectivity index (χ1) is 4.61. The third kappa shape index (κ3) is 1.21. The zero-order chi connectivity index (χ0) is 7.72. The van der Waals surface area contributed by atoms with Gasteiger partial charge in [-0.3, -0.25) is 4.79 Å². The van der Waals surface area contributed by atoms with Gasteiger partial charge in [0.25, 0.3) is 0 Å². The molecule has 1 fully saturated rings. The van der Waals surface area contributed by atoms with Gasteiger partial charge >= 0.3 is 11.4 Å². The van der Waals surface area contributed by atoms with Crippen LogP contribution in [-0.2, 0) is 0 Å². The molecule has 0 aromatic rings. The van der Waals surface area contributed by atoms with E-state index < -0.39 is 11.4 Å². The summed E-state index contributed by atoms with van der Waals surface area (Å²) in [5.74, 6) is 0. The van der Waals surface area contributed by atoms with Crippen LogP contribution >= 0.6 is 11.6 Å². The lowest BCUT2D eigenvalue weighted by molar-refractivity contribution is 0.212. The molecular formula is C5H7ClN2O2. The summed E-state index contributed by atoms with van der Waals surface area (Å²) in [5, 5.41) is 1.81. The molecule has 0 radical (unpaired) electrons. The van der Waals surface area contributed by atoms with Crippen molar-refractivity contribution < 1.29 is 9.59 Å². The number of carbonyl (C=O) groups excluding carboxylic acids is 2. The average molecular weight is 163 g/mol. The summed E-state index contributed by atoms with van der Waals surface area (Å²) in [4.78, 5) is 22.1. The lowest BCUT2D eigenvalue weighted by Crippen LogP contribution is -2.30. The molecule has 1 heterocycles. The smallest absolute Gasteiger partial charge is 0.325 e. The van der Waals surface area contributed by atoms with Gasteiger partial charge in [-0.15, -0.1) is 0 Å². The number of amides is 3. The summed E-state index contributed by atoms with van der Waals surface area (Å²) in [6.45, 7) is 2.17. The topological polar surface area (TPSA) is 49.4 Å². The Morgan fingerprint density at radius 2 is 2.50 bits per heavy atom. The summed E-state index contributed by atoms with van der Waals surface area (Å²) in [6.07, 6.45) is 0. The number of imide groups is 1. The van der Waals surface area contributed by atoms with Crippen LogP contribution in [0.15, 0.2) is 0 Å². The van der Waals surface area contributed by atoms with Crippen LogP contribution in [0.4, 0.5) is 9.59 Å². The standard InChI is InChI=1S/C5H7ClN2O2/c1-3-2-8(4(6)9)5(10)7-3/h3H,2H2,1H3,(H,7,10). The van der Waals surface area contributed by atoms with Gasteiger partial charge in [-0.05, 0) is 18.5 Å². The van der Waals surface area contributed by atoms with Gasteiger partial charge in [0.05, 0.1) is 6.54 Å². The Kier molecular flexibility index (Phi) is 1.80. The first-order valence-electron chi connectivity index (χ1n) is 2.88. The molecule has 1 atom stereocenters. The van der Waals surface area contributed by atoms with Gasteiger partial charge in [0, 0.05) is 6.04 Å². The van der Waals surface area contributed by atoms with Gasteiger partial charge in [0.2, 0.25) is 0 Å². The van der Waals surface area contributed by atoms with Crippen LogP contribution in [-0.4, -0.2) is 28.9 Å². The predicted octanol–water partition coefficient (Wildman–Crippen LogP) is 0.759. The van der Waals surface area contributed by atoms with Gasteiger partial charge in [-0.1, -0.05) is 0 Å². The van der Waals surface area contributed by atoms with Gasteiger partial charge in [0.15, 0.2) is 0 Å². The maximum Gasteiger partial charge on any atom is 0.325 e. The highest BCUT2D eigenvalue weighted by Crippen LogP contribution is 2.05. The average Bonchev–Trinajstić information content (AvgIpc) is 2.10. The molecule has 5 heteroatoms. The fraction of sp³-hybridized carbons (Fsp3) is 0.600. The molecule has 0 saturated carbocycles. The Balaban J connectivity index is 2.63. The number of nitrogens with one attached hydrogen (secondary N) is 1. The third-order valence-corrected chi connectivity index (χ3v) is 1.49. The van der Waals surface area contributed by atoms with E-state index in [-0.39, 0.29) is 6.04 Å². The van der Waals surface area contributed by atoms with Crippen LogP contribution in [0, 0.1) is 0 Å². The Labute approximate surface area is 63.1 Å². The number of halogens is 1. The molecule has 1 aliphatic rings. The monoisotopic (exact) mass is 162 g/mol. The van der Waals surface area contributed by atoms with Crippen LogP contribution in [0.3, 0.4) is 0 Å². The van der Waals surface area contributed by atoms with E-state index in [0.29, 0.717) is 6.54 Å². The third-order valence-electron chi connectivity index (χ3n) is 1.28. The second kappa shape index (κ2) is 2.46. The molecule has 1 saturated heterocycles. The van der Waals surface area contributed by atoms with E-state index in [9.17, 15) is 9.59 Å². The molecule has 4 nitrogen and oxygen atoms in total. The Bertz CT molecular complexity index is 182. The number of rotatable bonds is 0. The van der Waals surface area contributed by atoms with Crippen molar-refractivity contribution in [3.8, 4) is 0 Å². The molecular weight excluding hydrogens is 156 g/mol. The molecule has 0 spiro atoms. The molecule has 10 heavy (non-hydrogen) atoms. The molecule has 0 aromatic carbocycles. The summed E-state index contributed by atoms with van der Waals surface area (Å²) in [7, 11) is 0. The second-order valence-corrected chi connectivity index (χ2v) is 2.54. The highest BCUT2D eigenvalue weighted by Gasteiger charge is 2.29. The van der Waals surface area contributed by atoms with Crippen molar-refractivity contribution in [3.63, 3.8) is 0 Å². The van der Waals surface area contributed by atoms with Crippen LogP contribution in [0.1, 0.15) is 6.92 Å². The van der Waals surface area contributed by atoms with Gasteiger partial charge < -0.3 is 5.32 Å². The molecule has 56 valence electrons. The van der Waals surface area contributed by atoms with E-state index in [1.807, 2.05) is 0 Å². The van der Waals surface area contributed by atoms with Crippen molar-refractivity contribution in [2.75, 3.05) is 6.54 Å². The number of urea groups is 1. The molecule has 1 aliphatic heterocycles. The SMILES string of the molecule is CC1CN(C(=O)Cl)C(=O)N1. The fourth-order valence-corrected chi connectivity index (χ4v) is 0.988. The zero-order valence-electron chi connectivity index (χ0n) is 5.43. The van der Waals surface area contributed by atoms with E-state index in [1.165, 1.54) is 0 Å². The van der Waals surface area contributed by atoms with Crippen molar-refractivity contribution >= 4 is 23.0 Å². The van der Waals surface area contributed by atoms with Crippen LogP contribution in [0.5, 0.6) is 0 Å². The minimum Gasteiger partial charge on any atom is -0.333 e. The van der Waals surface area contributed by atoms with E-state index in [1.54, 1.807) is 6.92 Å². The van der Waals surface area contributed by atoms with Crippen LogP contribution < -0.4 is 5.32 Å². The molecule has 0 aliphatic carbocycles. The Hall–Kier alpha value is -0.770. The minimum absolute atomic E-state index is 0.00944. The summed E-state index contributed by atoms with van der Waals surface area (Å²) in [6, 6.07) is -0.400. The summed E-state index contributed by atoms with van der Waals surface area (Å²) in [5.41, 5.74) is 0. The normalized spacial score (nSPS) is 24.8. The van der Waals surface area contributed by atoms with E-state index in [4.69, 9.17) is 11.6 Å². The van der Waals surface area contributed by atoms with E-state index in [2.05, 4.69) is 5.32 Å². The maximum atomic E-state index is 10.7. The number of nitrogens with zero attached hydrogens (tertiary/aromatic N) is 1. The first-order valence-corrected chi connectivity index (χ1v) is 3.26. The molecule has 3 amide bonds. The largest absolute Gasteiger partial charge is 0.333 e. The van der Waals surface area contributed by atoms with Gasteiger partial charge in [-0.2, -0.15) is 0 Å². The van der Waals surface area contributed by atoms with Crippen molar-refractivity contribution in [2.45, 2.75) is 13.0 Å². The fourth-order valence-electron chi connectivity index (χ4n) is 0.843.